The lowest BCUT2D eigenvalue weighted by atomic mass is 9.87. The molecule has 2 aliphatic rings. The molecule has 2 heterocycles. The van der Waals surface area contributed by atoms with E-state index in [1.165, 1.54) is 38.2 Å². The first-order valence-corrected chi connectivity index (χ1v) is 11.3. The van der Waals surface area contributed by atoms with E-state index in [4.69, 9.17) is 0 Å². The molecule has 1 aliphatic heterocycles. The van der Waals surface area contributed by atoms with Gasteiger partial charge in [-0.05, 0) is 44.2 Å². The molecule has 1 saturated carbocycles. The Morgan fingerprint density at radius 3 is 2.87 bits per heavy atom. The van der Waals surface area contributed by atoms with Crippen LogP contribution in [-0.4, -0.2) is 55.6 Å². The van der Waals surface area contributed by atoms with Crippen LogP contribution in [0.4, 0.5) is 10.2 Å². The van der Waals surface area contributed by atoms with Gasteiger partial charge in [0.25, 0.3) is 0 Å². The normalized spacial score (nSPS) is 20.3. The highest BCUT2D eigenvalue weighted by atomic mass is 19.1. The summed E-state index contributed by atoms with van der Waals surface area (Å²) in [4.78, 5) is 22.8. The lowest BCUT2D eigenvalue weighted by Gasteiger charge is -2.21. The topological polar surface area (TPSA) is 81.6 Å². The Bertz CT molecular complexity index is 707. The summed E-state index contributed by atoms with van der Waals surface area (Å²) in [5.74, 6) is 1.54. The molecule has 1 atom stereocenters. The number of carbonyl (C=O) groups excluding carboxylic acids is 1. The molecular formula is C22H35FN6O. The van der Waals surface area contributed by atoms with Gasteiger partial charge >= 0.3 is 0 Å². The summed E-state index contributed by atoms with van der Waals surface area (Å²) in [6.45, 7) is 5.27. The standard InChI is InChI=1S/C22H35FN6O/c1-2-24-22(27-13-12-25-20(30)15-17-7-4-3-5-8-17)28-18-10-14-29(16-18)21-19(23)9-6-11-26-21/h6,9,11,17-18H,2-5,7-8,10,12-16H2,1H3,(H,25,30)(H2,24,27,28). The molecule has 1 amide bonds. The molecule has 166 valence electrons. The van der Waals surface area contributed by atoms with Gasteiger partial charge in [0.05, 0.1) is 6.54 Å². The van der Waals surface area contributed by atoms with Crippen LogP contribution in [0.25, 0.3) is 0 Å². The molecule has 1 unspecified atom stereocenters. The second kappa shape index (κ2) is 11.7. The van der Waals surface area contributed by atoms with Gasteiger partial charge in [-0.2, -0.15) is 0 Å². The van der Waals surface area contributed by atoms with Crippen LogP contribution in [0.15, 0.2) is 23.3 Å². The van der Waals surface area contributed by atoms with Crippen LogP contribution >= 0.6 is 0 Å². The minimum Gasteiger partial charge on any atom is -0.357 e. The predicted octanol–water partition coefficient (Wildman–Crippen LogP) is 2.44. The second-order valence-corrected chi connectivity index (χ2v) is 8.20. The first-order valence-electron chi connectivity index (χ1n) is 11.3. The average molecular weight is 419 g/mol. The molecular weight excluding hydrogens is 383 g/mol. The summed E-state index contributed by atoms with van der Waals surface area (Å²) in [5, 5.41) is 9.67. The SMILES string of the molecule is CCNC(=NCCNC(=O)CC1CCCCC1)NC1CCN(c2ncccc2F)C1. The van der Waals surface area contributed by atoms with E-state index in [2.05, 4.69) is 25.9 Å². The molecule has 0 radical (unpaired) electrons. The van der Waals surface area contributed by atoms with Crippen molar-refractivity contribution in [2.24, 2.45) is 10.9 Å². The maximum absolute atomic E-state index is 14.0. The summed E-state index contributed by atoms with van der Waals surface area (Å²) in [6, 6.07) is 3.22. The van der Waals surface area contributed by atoms with Gasteiger partial charge in [0.2, 0.25) is 5.91 Å². The largest absolute Gasteiger partial charge is 0.357 e. The number of halogens is 1. The maximum atomic E-state index is 14.0. The molecule has 1 saturated heterocycles. The summed E-state index contributed by atoms with van der Waals surface area (Å²) in [6.07, 6.45) is 9.33. The van der Waals surface area contributed by atoms with Crippen molar-refractivity contribution in [1.82, 2.24) is 20.9 Å². The van der Waals surface area contributed by atoms with Crippen molar-refractivity contribution >= 4 is 17.7 Å². The Kier molecular flexibility index (Phi) is 8.71. The van der Waals surface area contributed by atoms with Crippen molar-refractivity contribution in [3.8, 4) is 0 Å². The lowest BCUT2D eigenvalue weighted by molar-refractivity contribution is -0.122. The minimum absolute atomic E-state index is 0.138. The van der Waals surface area contributed by atoms with Gasteiger partial charge in [-0.1, -0.05) is 19.3 Å². The van der Waals surface area contributed by atoms with E-state index >= 15 is 0 Å². The molecule has 1 aromatic rings. The molecule has 0 aromatic carbocycles. The highest BCUT2D eigenvalue weighted by Crippen LogP contribution is 2.26. The van der Waals surface area contributed by atoms with Crippen LogP contribution in [0.2, 0.25) is 0 Å². The molecule has 7 nitrogen and oxygen atoms in total. The van der Waals surface area contributed by atoms with Crippen molar-refractivity contribution < 1.29 is 9.18 Å². The van der Waals surface area contributed by atoms with E-state index in [-0.39, 0.29) is 17.8 Å². The Balaban J connectivity index is 1.41. The van der Waals surface area contributed by atoms with E-state index in [1.807, 2.05) is 11.8 Å². The fraction of sp³-hybridized carbons (Fsp3) is 0.682. The maximum Gasteiger partial charge on any atom is 0.220 e. The van der Waals surface area contributed by atoms with Gasteiger partial charge in [-0.15, -0.1) is 0 Å². The zero-order valence-electron chi connectivity index (χ0n) is 18.0. The number of anilines is 1. The molecule has 1 aliphatic carbocycles. The molecule has 1 aromatic heterocycles. The molecule has 3 N–H and O–H groups in total. The molecule has 0 spiro atoms. The Morgan fingerprint density at radius 1 is 1.27 bits per heavy atom. The zero-order chi connectivity index (χ0) is 21.2. The summed E-state index contributed by atoms with van der Waals surface area (Å²) >= 11 is 0. The Hall–Kier alpha value is -2.38. The smallest absolute Gasteiger partial charge is 0.220 e. The Morgan fingerprint density at radius 2 is 2.10 bits per heavy atom. The fourth-order valence-corrected chi connectivity index (χ4v) is 4.28. The van der Waals surface area contributed by atoms with E-state index < -0.39 is 0 Å². The van der Waals surface area contributed by atoms with Crippen LogP contribution < -0.4 is 20.9 Å². The second-order valence-electron chi connectivity index (χ2n) is 8.20. The van der Waals surface area contributed by atoms with Crippen LogP contribution in [-0.2, 0) is 4.79 Å². The average Bonchev–Trinajstić information content (AvgIpc) is 3.20. The summed E-state index contributed by atoms with van der Waals surface area (Å²) < 4.78 is 14.0. The fourth-order valence-electron chi connectivity index (χ4n) is 4.28. The number of guanidine groups is 1. The number of aliphatic imine (C=N–C) groups is 1. The number of carbonyl (C=O) groups is 1. The van der Waals surface area contributed by atoms with E-state index in [0.717, 1.165) is 25.5 Å². The number of nitrogens with zero attached hydrogens (tertiary/aromatic N) is 3. The Labute approximate surface area is 178 Å². The quantitative estimate of drug-likeness (QED) is 0.343. The molecule has 2 fully saturated rings. The third-order valence-electron chi connectivity index (χ3n) is 5.81. The predicted molar refractivity (Wildman–Crippen MR) is 118 cm³/mol. The lowest BCUT2D eigenvalue weighted by Crippen LogP contribution is -2.45. The van der Waals surface area contributed by atoms with Crippen molar-refractivity contribution in [2.45, 2.75) is 57.9 Å². The molecule has 8 heteroatoms. The van der Waals surface area contributed by atoms with Crippen LogP contribution in [0.3, 0.4) is 0 Å². The molecule has 0 bridgehead atoms. The van der Waals surface area contributed by atoms with Crippen LogP contribution in [0.1, 0.15) is 51.9 Å². The van der Waals surface area contributed by atoms with Crippen molar-refractivity contribution in [3.63, 3.8) is 0 Å². The van der Waals surface area contributed by atoms with Crippen molar-refractivity contribution in [3.05, 3.63) is 24.1 Å². The van der Waals surface area contributed by atoms with Gasteiger partial charge in [-0.3, -0.25) is 9.79 Å². The van der Waals surface area contributed by atoms with E-state index in [9.17, 15) is 9.18 Å². The third-order valence-corrected chi connectivity index (χ3v) is 5.81. The van der Waals surface area contributed by atoms with Crippen molar-refractivity contribution in [2.75, 3.05) is 37.6 Å². The number of rotatable bonds is 8. The monoisotopic (exact) mass is 418 g/mol. The highest BCUT2D eigenvalue weighted by molar-refractivity contribution is 5.80. The van der Waals surface area contributed by atoms with Crippen molar-refractivity contribution in [1.29, 1.82) is 0 Å². The van der Waals surface area contributed by atoms with Gasteiger partial charge in [-0.25, -0.2) is 9.37 Å². The number of hydrogen-bond donors (Lipinski definition) is 3. The first kappa shape index (κ1) is 22.3. The van der Waals surface area contributed by atoms with Gasteiger partial charge in [0.1, 0.15) is 0 Å². The number of aromatic nitrogens is 1. The summed E-state index contributed by atoms with van der Waals surface area (Å²) in [7, 11) is 0. The van der Waals surface area contributed by atoms with E-state index in [1.54, 1.807) is 12.3 Å². The van der Waals surface area contributed by atoms with Crippen LogP contribution in [0, 0.1) is 11.7 Å². The summed E-state index contributed by atoms with van der Waals surface area (Å²) in [5.41, 5.74) is 0. The number of nitrogens with one attached hydrogen (secondary N) is 3. The molecule has 30 heavy (non-hydrogen) atoms. The highest BCUT2D eigenvalue weighted by Gasteiger charge is 2.26. The van der Waals surface area contributed by atoms with Crippen LogP contribution in [0.5, 0.6) is 0 Å². The first-order chi connectivity index (χ1) is 14.7. The third kappa shape index (κ3) is 6.85. The minimum atomic E-state index is -0.289. The number of hydrogen-bond acceptors (Lipinski definition) is 4. The number of amides is 1. The zero-order valence-corrected chi connectivity index (χ0v) is 18.0. The molecule has 3 rings (SSSR count). The van der Waals surface area contributed by atoms with Gasteiger partial charge in [0, 0.05) is 44.8 Å². The van der Waals surface area contributed by atoms with Gasteiger partial charge in [0.15, 0.2) is 17.6 Å². The number of pyridine rings is 1. The van der Waals surface area contributed by atoms with E-state index in [0.29, 0.717) is 37.8 Å². The van der Waals surface area contributed by atoms with Gasteiger partial charge < -0.3 is 20.9 Å².